The Labute approximate surface area is 106 Å². The van der Waals surface area contributed by atoms with E-state index in [9.17, 15) is 0 Å². The monoisotopic (exact) mass is 244 g/mol. The lowest BCUT2D eigenvalue weighted by Gasteiger charge is -2.04. The second-order valence-electron chi connectivity index (χ2n) is 4.51. The molecule has 0 saturated carbocycles. The van der Waals surface area contributed by atoms with Gasteiger partial charge in [-0.25, -0.2) is 4.98 Å². The maximum Gasteiger partial charge on any atom is 0.180 e. The first-order valence-electron chi connectivity index (χ1n) is 6.15. The van der Waals surface area contributed by atoms with Crippen LogP contribution in [0.2, 0.25) is 0 Å². The van der Waals surface area contributed by atoms with Gasteiger partial charge < -0.3 is 5.73 Å². The smallest absolute Gasteiger partial charge is 0.180 e. The Kier molecular flexibility index (Phi) is 2.63. The van der Waals surface area contributed by atoms with E-state index in [2.05, 4.69) is 30.1 Å². The van der Waals surface area contributed by atoms with Crippen LogP contribution >= 0.6 is 11.3 Å². The third-order valence-corrected chi connectivity index (χ3v) is 4.44. The molecule has 0 spiro atoms. The Morgan fingerprint density at radius 1 is 1.29 bits per heavy atom. The molecule has 0 unspecified atom stereocenters. The van der Waals surface area contributed by atoms with Gasteiger partial charge in [0.25, 0.3) is 0 Å². The maximum absolute atomic E-state index is 5.81. The Morgan fingerprint density at radius 2 is 2.12 bits per heavy atom. The Bertz CT molecular complexity index is 557. The number of nitrogens with two attached hydrogens (primary N) is 1. The van der Waals surface area contributed by atoms with Crippen LogP contribution in [0.4, 0.5) is 5.13 Å². The standard InChI is InChI=1S/C14H16N2S/c1-2-12-13(16-14(15)17-12)11-7-6-9-4-3-5-10(9)8-11/h6-8H,2-5H2,1H3,(H2,15,16). The number of benzene rings is 1. The molecule has 1 aliphatic rings. The van der Waals surface area contributed by atoms with Crippen LogP contribution in [0, 0.1) is 0 Å². The quantitative estimate of drug-likeness (QED) is 0.879. The lowest BCUT2D eigenvalue weighted by Crippen LogP contribution is -1.88. The second-order valence-corrected chi connectivity index (χ2v) is 5.63. The highest BCUT2D eigenvalue weighted by Gasteiger charge is 2.15. The van der Waals surface area contributed by atoms with Gasteiger partial charge in [0, 0.05) is 10.4 Å². The number of fused-ring (bicyclic) bond motifs is 1. The first-order chi connectivity index (χ1) is 8.28. The molecule has 88 valence electrons. The van der Waals surface area contributed by atoms with E-state index in [1.54, 1.807) is 11.3 Å². The van der Waals surface area contributed by atoms with Gasteiger partial charge in [-0.15, -0.1) is 11.3 Å². The van der Waals surface area contributed by atoms with Crippen molar-refractivity contribution >= 4 is 16.5 Å². The molecule has 2 N–H and O–H groups in total. The molecular formula is C14H16N2S. The summed E-state index contributed by atoms with van der Waals surface area (Å²) in [5.41, 5.74) is 11.1. The summed E-state index contributed by atoms with van der Waals surface area (Å²) in [6, 6.07) is 6.75. The van der Waals surface area contributed by atoms with Crippen LogP contribution in [-0.4, -0.2) is 4.98 Å². The molecule has 2 nitrogen and oxygen atoms in total. The molecule has 0 bridgehead atoms. The van der Waals surface area contributed by atoms with E-state index in [0.717, 1.165) is 12.1 Å². The number of nitrogen functional groups attached to an aromatic ring is 1. The Hall–Kier alpha value is -1.35. The van der Waals surface area contributed by atoms with Gasteiger partial charge in [0.2, 0.25) is 0 Å². The SMILES string of the molecule is CCc1sc(N)nc1-c1ccc2c(c1)CCC2. The van der Waals surface area contributed by atoms with Crippen LogP contribution in [0.15, 0.2) is 18.2 Å². The van der Waals surface area contributed by atoms with E-state index in [1.165, 1.54) is 40.8 Å². The number of anilines is 1. The fourth-order valence-electron chi connectivity index (χ4n) is 2.55. The largest absolute Gasteiger partial charge is 0.375 e. The maximum atomic E-state index is 5.81. The van der Waals surface area contributed by atoms with Crippen LogP contribution in [0.25, 0.3) is 11.3 Å². The van der Waals surface area contributed by atoms with E-state index in [4.69, 9.17) is 5.73 Å². The van der Waals surface area contributed by atoms with Crippen molar-refractivity contribution in [1.82, 2.24) is 4.98 Å². The number of hydrogen-bond donors (Lipinski definition) is 1. The molecule has 1 aromatic heterocycles. The molecule has 1 aromatic carbocycles. The average Bonchev–Trinajstić information content (AvgIpc) is 2.93. The summed E-state index contributed by atoms with van der Waals surface area (Å²) in [5, 5.41) is 0.678. The zero-order valence-electron chi connectivity index (χ0n) is 9.99. The summed E-state index contributed by atoms with van der Waals surface area (Å²) in [6.45, 7) is 2.16. The Morgan fingerprint density at radius 3 is 2.94 bits per heavy atom. The fraction of sp³-hybridized carbons (Fsp3) is 0.357. The van der Waals surface area contributed by atoms with Crippen molar-refractivity contribution in [2.75, 3.05) is 5.73 Å². The molecule has 1 aliphatic carbocycles. The first kappa shape index (κ1) is 10.8. The predicted octanol–water partition coefficient (Wildman–Crippen LogP) is 3.44. The van der Waals surface area contributed by atoms with Crippen LogP contribution in [0.3, 0.4) is 0 Å². The number of aryl methyl sites for hydroxylation is 3. The van der Waals surface area contributed by atoms with E-state index in [1.807, 2.05) is 0 Å². The van der Waals surface area contributed by atoms with E-state index in [0.29, 0.717) is 5.13 Å². The molecule has 0 amide bonds. The molecule has 17 heavy (non-hydrogen) atoms. The van der Waals surface area contributed by atoms with Gasteiger partial charge >= 0.3 is 0 Å². The minimum atomic E-state index is 0.678. The van der Waals surface area contributed by atoms with Crippen LogP contribution in [-0.2, 0) is 19.3 Å². The molecule has 0 aliphatic heterocycles. The number of rotatable bonds is 2. The van der Waals surface area contributed by atoms with E-state index in [-0.39, 0.29) is 0 Å². The summed E-state index contributed by atoms with van der Waals surface area (Å²) in [4.78, 5) is 5.77. The normalized spacial score (nSPS) is 13.9. The third kappa shape index (κ3) is 1.84. The highest BCUT2D eigenvalue weighted by atomic mass is 32.1. The lowest BCUT2D eigenvalue weighted by molar-refractivity contribution is 0.912. The minimum absolute atomic E-state index is 0.678. The number of thiazole rings is 1. The van der Waals surface area contributed by atoms with Crippen molar-refractivity contribution in [2.45, 2.75) is 32.6 Å². The van der Waals surface area contributed by atoms with Gasteiger partial charge in [-0.05, 0) is 42.9 Å². The molecule has 2 aromatic rings. The lowest BCUT2D eigenvalue weighted by atomic mass is 10.0. The third-order valence-electron chi connectivity index (χ3n) is 3.41. The van der Waals surface area contributed by atoms with Crippen LogP contribution in [0.1, 0.15) is 29.3 Å². The molecule has 0 fully saturated rings. The molecule has 3 rings (SSSR count). The molecular weight excluding hydrogens is 228 g/mol. The van der Waals surface area contributed by atoms with Crippen molar-refractivity contribution in [3.8, 4) is 11.3 Å². The molecule has 3 heteroatoms. The van der Waals surface area contributed by atoms with Crippen LogP contribution in [0.5, 0.6) is 0 Å². The van der Waals surface area contributed by atoms with E-state index < -0.39 is 0 Å². The number of nitrogens with zero attached hydrogens (tertiary/aromatic N) is 1. The van der Waals surface area contributed by atoms with Crippen molar-refractivity contribution in [3.63, 3.8) is 0 Å². The molecule has 0 radical (unpaired) electrons. The van der Waals surface area contributed by atoms with Gasteiger partial charge in [-0.2, -0.15) is 0 Å². The molecule has 1 heterocycles. The summed E-state index contributed by atoms with van der Waals surface area (Å²) in [6.07, 6.45) is 4.74. The highest BCUT2D eigenvalue weighted by molar-refractivity contribution is 7.15. The van der Waals surface area contributed by atoms with Gasteiger partial charge in [0.1, 0.15) is 0 Å². The fourth-order valence-corrected chi connectivity index (χ4v) is 3.35. The van der Waals surface area contributed by atoms with Gasteiger partial charge in [-0.1, -0.05) is 19.1 Å². The zero-order valence-corrected chi connectivity index (χ0v) is 10.8. The molecule has 0 saturated heterocycles. The summed E-state index contributed by atoms with van der Waals surface area (Å²) in [5.74, 6) is 0. The first-order valence-corrected chi connectivity index (χ1v) is 6.97. The highest BCUT2D eigenvalue weighted by Crippen LogP contribution is 2.33. The summed E-state index contributed by atoms with van der Waals surface area (Å²) >= 11 is 1.61. The predicted molar refractivity (Wildman–Crippen MR) is 73.4 cm³/mol. The van der Waals surface area contributed by atoms with Crippen molar-refractivity contribution in [1.29, 1.82) is 0 Å². The second kappa shape index (κ2) is 4.15. The number of hydrogen-bond acceptors (Lipinski definition) is 3. The Balaban J connectivity index is 2.08. The molecule has 0 atom stereocenters. The van der Waals surface area contributed by atoms with Crippen molar-refractivity contribution in [2.24, 2.45) is 0 Å². The van der Waals surface area contributed by atoms with Crippen LogP contribution < -0.4 is 5.73 Å². The minimum Gasteiger partial charge on any atom is -0.375 e. The summed E-state index contributed by atoms with van der Waals surface area (Å²) in [7, 11) is 0. The van der Waals surface area contributed by atoms with Gasteiger partial charge in [-0.3, -0.25) is 0 Å². The van der Waals surface area contributed by atoms with Crippen molar-refractivity contribution < 1.29 is 0 Å². The zero-order chi connectivity index (χ0) is 11.8. The van der Waals surface area contributed by atoms with E-state index >= 15 is 0 Å². The average molecular weight is 244 g/mol. The van der Waals surface area contributed by atoms with Crippen molar-refractivity contribution in [3.05, 3.63) is 34.2 Å². The number of aromatic nitrogens is 1. The van der Waals surface area contributed by atoms with Gasteiger partial charge in [0.15, 0.2) is 5.13 Å². The van der Waals surface area contributed by atoms with Gasteiger partial charge in [0.05, 0.1) is 5.69 Å². The topological polar surface area (TPSA) is 38.9 Å². The summed E-state index contributed by atoms with van der Waals surface area (Å²) < 4.78 is 0.